The van der Waals surface area contributed by atoms with E-state index in [1.165, 1.54) is 22.4 Å². The summed E-state index contributed by atoms with van der Waals surface area (Å²) in [5.41, 5.74) is 3.60. The van der Waals surface area contributed by atoms with Crippen molar-refractivity contribution in [1.29, 1.82) is 0 Å². The van der Waals surface area contributed by atoms with Crippen LogP contribution >= 0.6 is 23.2 Å². The highest BCUT2D eigenvalue weighted by Crippen LogP contribution is 2.35. The highest BCUT2D eigenvalue weighted by molar-refractivity contribution is 6.31. The van der Waals surface area contributed by atoms with E-state index in [0.717, 1.165) is 11.1 Å². The summed E-state index contributed by atoms with van der Waals surface area (Å²) in [6, 6.07) is 11.4. The smallest absolute Gasteiger partial charge is 0.252 e. The van der Waals surface area contributed by atoms with Gasteiger partial charge in [-0.05, 0) is 42.3 Å². The Morgan fingerprint density at radius 1 is 1.00 bits per heavy atom. The van der Waals surface area contributed by atoms with E-state index in [2.05, 4.69) is 20.3 Å². The lowest BCUT2D eigenvalue weighted by atomic mass is 10.00. The molecule has 0 aliphatic carbocycles. The zero-order valence-corrected chi connectivity index (χ0v) is 22.0. The number of ketones is 1. The van der Waals surface area contributed by atoms with Crippen LogP contribution in [0, 0.1) is 0 Å². The molecule has 0 aliphatic rings. The molecule has 5 aromatic rings. The van der Waals surface area contributed by atoms with Crippen molar-refractivity contribution in [3.05, 3.63) is 93.3 Å². The lowest BCUT2D eigenvalue weighted by molar-refractivity contribution is -0.121. The first-order valence-electron chi connectivity index (χ1n) is 11.8. The van der Waals surface area contributed by atoms with Gasteiger partial charge in [0.2, 0.25) is 0 Å². The van der Waals surface area contributed by atoms with Gasteiger partial charge in [0, 0.05) is 41.0 Å². The molecule has 38 heavy (non-hydrogen) atoms. The van der Waals surface area contributed by atoms with Gasteiger partial charge < -0.3 is 9.30 Å². The minimum atomic E-state index is -0.684. The van der Waals surface area contributed by atoms with Gasteiger partial charge in [0.25, 0.3) is 5.56 Å². The molecule has 0 fully saturated rings. The van der Waals surface area contributed by atoms with E-state index in [1.54, 1.807) is 43.0 Å². The molecule has 11 heteroatoms. The van der Waals surface area contributed by atoms with Crippen molar-refractivity contribution in [2.45, 2.75) is 25.8 Å². The minimum Gasteiger partial charge on any atom is -0.495 e. The average molecular weight is 549 g/mol. The number of halogens is 2. The number of methoxy groups -OCH3 is 1. The van der Waals surface area contributed by atoms with Crippen LogP contribution < -0.4 is 10.3 Å². The molecule has 1 unspecified atom stereocenters. The Morgan fingerprint density at radius 2 is 1.79 bits per heavy atom. The van der Waals surface area contributed by atoms with Gasteiger partial charge in [-0.3, -0.25) is 19.6 Å². The number of rotatable bonds is 8. The fourth-order valence-electron chi connectivity index (χ4n) is 4.45. The van der Waals surface area contributed by atoms with Gasteiger partial charge in [0.1, 0.15) is 5.75 Å². The Kier molecular flexibility index (Phi) is 7.22. The zero-order valence-electron chi connectivity index (χ0n) is 20.5. The molecule has 0 saturated heterocycles. The number of benzene rings is 2. The van der Waals surface area contributed by atoms with Gasteiger partial charge in [0.05, 0.1) is 42.3 Å². The average Bonchev–Trinajstić information content (AvgIpc) is 3.35. The van der Waals surface area contributed by atoms with Gasteiger partial charge in [-0.2, -0.15) is 0 Å². The van der Waals surface area contributed by atoms with Gasteiger partial charge >= 0.3 is 0 Å². The number of carbonyl (C=O) groups is 1. The predicted octanol–water partition coefficient (Wildman–Crippen LogP) is 5.12. The van der Waals surface area contributed by atoms with Crippen molar-refractivity contribution in [2.24, 2.45) is 0 Å². The molecule has 0 saturated carbocycles. The summed E-state index contributed by atoms with van der Waals surface area (Å²) in [7, 11) is 1.50. The van der Waals surface area contributed by atoms with Crippen LogP contribution in [0.1, 0.15) is 24.9 Å². The van der Waals surface area contributed by atoms with E-state index in [0.29, 0.717) is 39.5 Å². The van der Waals surface area contributed by atoms with Gasteiger partial charge in [-0.15, -0.1) is 5.10 Å². The van der Waals surface area contributed by atoms with Crippen molar-refractivity contribution in [1.82, 2.24) is 29.5 Å². The third-order valence-corrected chi connectivity index (χ3v) is 6.64. The maximum absolute atomic E-state index is 13.4. The first-order valence-corrected chi connectivity index (χ1v) is 12.5. The van der Waals surface area contributed by atoms with Crippen molar-refractivity contribution >= 4 is 40.0 Å². The van der Waals surface area contributed by atoms with Crippen molar-refractivity contribution in [2.75, 3.05) is 7.11 Å². The summed E-state index contributed by atoms with van der Waals surface area (Å²) in [6.07, 6.45) is 6.92. The maximum atomic E-state index is 13.4. The number of ether oxygens (including phenoxy) is 1. The second kappa shape index (κ2) is 10.7. The first kappa shape index (κ1) is 25.6. The highest BCUT2D eigenvalue weighted by atomic mass is 35.5. The van der Waals surface area contributed by atoms with Crippen LogP contribution in [0.2, 0.25) is 10.2 Å². The Morgan fingerprint density at radius 3 is 2.50 bits per heavy atom. The van der Waals surface area contributed by atoms with E-state index in [4.69, 9.17) is 27.9 Å². The Bertz CT molecular complexity index is 1720. The molecular formula is C27H22Cl2N6O3. The summed E-state index contributed by atoms with van der Waals surface area (Å²) in [5.74, 6) is 0.292. The molecular weight excluding hydrogens is 527 g/mol. The second-order valence-electron chi connectivity index (χ2n) is 8.59. The Balaban J connectivity index is 1.52. The van der Waals surface area contributed by atoms with Crippen LogP contribution in [0.25, 0.3) is 27.8 Å². The monoisotopic (exact) mass is 548 g/mol. The number of hydrogen-bond acceptors (Lipinski definition) is 7. The van der Waals surface area contributed by atoms with E-state index in [9.17, 15) is 9.59 Å². The lowest BCUT2D eigenvalue weighted by Gasteiger charge is -2.20. The van der Waals surface area contributed by atoms with Gasteiger partial charge in [0.15, 0.2) is 10.9 Å². The van der Waals surface area contributed by atoms with E-state index in [-0.39, 0.29) is 22.9 Å². The summed E-state index contributed by atoms with van der Waals surface area (Å²) < 4.78 is 8.58. The third kappa shape index (κ3) is 5.03. The number of Topliss-reactive ketones (excluding diaryl/α,β-unsaturated/α-hetero) is 1. The van der Waals surface area contributed by atoms with Gasteiger partial charge in [-0.1, -0.05) is 41.4 Å². The SMILES string of the molecule is CCC(C(=O)Cc1ccc2nccnc2c1)n1cc(OC)c(-c2cc(Cl)ccc2-n2cc(Cl)nn2)cc1=O. The van der Waals surface area contributed by atoms with Crippen LogP contribution in [0.3, 0.4) is 0 Å². The number of fused-ring (bicyclic) bond motifs is 1. The van der Waals surface area contributed by atoms with Crippen LogP contribution in [-0.4, -0.2) is 42.4 Å². The third-order valence-electron chi connectivity index (χ3n) is 6.23. The summed E-state index contributed by atoms with van der Waals surface area (Å²) in [4.78, 5) is 35.4. The quantitative estimate of drug-likeness (QED) is 0.265. The number of carbonyl (C=O) groups excluding carboxylic acids is 1. The van der Waals surface area contributed by atoms with Crippen molar-refractivity contribution in [3.8, 4) is 22.6 Å². The lowest BCUT2D eigenvalue weighted by Crippen LogP contribution is -2.30. The van der Waals surface area contributed by atoms with Crippen LogP contribution in [-0.2, 0) is 11.2 Å². The number of pyridine rings is 1. The molecule has 5 rings (SSSR count). The largest absolute Gasteiger partial charge is 0.495 e. The molecule has 9 nitrogen and oxygen atoms in total. The normalized spacial score (nSPS) is 12.0. The molecule has 0 amide bonds. The van der Waals surface area contributed by atoms with Crippen molar-refractivity contribution < 1.29 is 9.53 Å². The molecule has 0 bridgehead atoms. The number of nitrogens with zero attached hydrogens (tertiary/aromatic N) is 6. The zero-order chi connectivity index (χ0) is 26.8. The minimum absolute atomic E-state index is 0.103. The molecule has 192 valence electrons. The topological polar surface area (TPSA) is 105 Å². The first-order chi connectivity index (χ1) is 18.4. The Hall–Kier alpha value is -4.08. The fourth-order valence-corrected chi connectivity index (χ4v) is 4.75. The molecule has 2 aromatic carbocycles. The summed E-state index contributed by atoms with van der Waals surface area (Å²) in [5, 5.41) is 8.55. The van der Waals surface area contributed by atoms with Crippen LogP contribution in [0.15, 0.2) is 72.0 Å². The standard InChI is InChI=1S/C27H22Cl2N6O3/c1-3-22(24(36)11-16-4-6-20-21(10-16)31-9-8-30-20)34-14-25(38-2)19(13-27(34)37)18-12-17(28)5-7-23(18)35-15-26(29)32-33-35/h4-10,12-15,22H,3,11H2,1-2H3. The number of hydrogen-bond donors (Lipinski definition) is 0. The maximum Gasteiger partial charge on any atom is 0.252 e. The molecule has 3 aromatic heterocycles. The fraction of sp³-hybridized carbons (Fsp3) is 0.185. The molecule has 0 radical (unpaired) electrons. The molecule has 1 atom stereocenters. The van der Waals surface area contributed by atoms with Crippen LogP contribution in [0.5, 0.6) is 5.75 Å². The summed E-state index contributed by atoms with van der Waals surface area (Å²) in [6.45, 7) is 1.87. The van der Waals surface area contributed by atoms with Crippen LogP contribution in [0.4, 0.5) is 0 Å². The Labute approximate surface area is 227 Å². The molecule has 0 spiro atoms. The summed E-state index contributed by atoms with van der Waals surface area (Å²) >= 11 is 12.3. The van der Waals surface area contributed by atoms with Gasteiger partial charge in [-0.25, -0.2) is 4.68 Å². The van der Waals surface area contributed by atoms with E-state index in [1.807, 2.05) is 25.1 Å². The van der Waals surface area contributed by atoms with E-state index < -0.39 is 6.04 Å². The highest BCUT2D eigenvalue weighted by Gasteiger charge is 2.23. The molecule has 0 aliphatic heterocycles. The second-order valence-corrected chi connectivity index (χ2v) is 9.42. The van der Waals surface area contributed by atoms with E-state index >= 15 is 0 Å². The number of aromatic nitrogens is 6. The molecule has 0 N–H and O–H groups in total. The predicted molar refractivity (Wildman–Crippen MR) is 145 cm³/mol. The molecule has 3 heterocycles. The van der Waals surface area contributed by atoms with Crippen molar-refractivity contribution in [3.63, 3.8) is 0 Å².